The first kappa shape index (κ1) is 21.0. The number of piperidine rings is 1. The van der Waals surface area contributed by atoms with Gasteiger partial charge in [-0.15, -0.1) is 0 Å². The molecule has 0 saturated carbocycles. The van der Waals surface area contributed by atoms with Crippen LogP contribution in [-0.4, -0.2) is 36.2 Å². The van der Waals surface area contributed by atoms with E-state index in [2.05, 4.69) is 16.4 Å². The molecule has 1 aromatic heterocycles. The van der Waals surface area contributed by atoms with Gasteiger partial charge < -0.3 is 0 Å². The molecule has 0 radical (unpaired) electrons. The van der Waals surface area contributed by atoms with Crippen molar-refractivity contribution in [1.29, 1.82) is 0 Å². The van der Waals surface area contributed by atoms with Crippen LogP contribution in [0.3, 0.4) is 0 Å². The molecule has 1 fully saturated rings. The first-order chi connectivity index (χ1) is 14.3. The lowest BCUT2D eigenvalue weighted by Crippen LogP contribution is -2.41. The molecule has 3 aromatic rings. The third kappa shape index (κ3) is 3.99. The highest BCUT2D eigenvalue weighted by Crippen LogP contribution is 2.29. The van der Waals surface area contributed by atoms with E-state index in [-0.39, 0.29) is 16.8 Å². The Morgan fingerprint density at radius 2 is 1.83 bits per heavy atom. The molecule has 1 aliphatic heterocycles. The molecule has 1 aliphatic rings. The molecule has 6 nitrogen and oxygen atoms in total. The van der Waals surface area contributed by atoms with E-state index >= 15 is 0 Å². The molecule has 1 unspecified atom stereocenters. The zero-order chi connectivity index (χ0) is 21.5. The standard InChI is InChI=1S/C22H25N3O3S2/c1-14-12-19-20(13-15(14)2)29-22(23-19)24-21(26)17-7-9-18(10-8-17)30(27,28)25-11-5-4-6-16(25)3/h7-10,12-13,16H,4-6,11H2,1-3H3,(H,23,24,26). The lowest BCUT2D eigenvalue weighted by molar-refractivity contribution is 0.102. The molecule has 2 aromatic carbocycles. The number of hydrogen-bond acceptors (Lipinski definition) is 5. The van der Waals surface area contributed by atoms with Crippen LogP contribution in [0.4, 0.5) is 5.13 Å². The highest BCUT2D eigenvalue weighted by molar-refractivity contribution is 7.89. The molecule has 4 rings (SSSR count). The first-order valence-electron chi connectivity index (χ1n) is 10.1. The van der Waals surface area contributed by atoms with Crippen LogP contribution in [0.2, 0.25) is 0 Å². The molecule has 1 N–H and O–H groups in total. The second kappa shape index (κ2) is 8.09. The molecular formula is C22H25N3O3S2. The van der Waals surface area contributed by atoms with Crippen molar-refractivity contribution in [1.82, 2.24) is 9.29 Å². The summed E-state index contributed by atoms with van der Waals surface area (Å²) in [6.07, 6.45) is 2.81. The number of rotatable bonds is 4. The van der Waals surface area contributed by atoms with Crippen molar-refractivity contribution in [3.63, 3.8) is 0 Å². The minimum atomic E-state index is -3.55. The number of amides is 1. The number of aromatic nitrogens is 1. The van der Waals surface area contributed by atoms with E-state index in [0.717, 1.165) is 35.0 Å². The SMILES string of the molecule is Cc1cc2nc(NC(=O)c3ccc(S(=O)(=O)N4CCCCC4C)cc3)sc2cc1C. The van der Waals surface area contributed by atoms with Gasteiger partial charge in [-0.25, -0.2) is 13.4 Å². The highest BCUT2D eigenvalue weighted by Gasteiger charge is 2.30. The Morgan fingerprint density at radius 3 is 2.53 bits per heavy atom. The number of carbonyl (C=O) groups is 1. The van der Waals surface area contributed by atoms with Crippen molar-refractivity contribution in [3.8, 4) is 0 Å². The van der Waals surface area contributed by atoms with Gasteiger partial charge >= 0.3 is 0 Å². The van der Waals surface area contributed by atoms with E-state index < -0.39 is 10.0 Å². The van der Waals surface area contributed by atoms with Crippen LogP contribution in [0, 0.1) is 13.8 Å². The van der Waals surface area contributed by atoms with Crippen molar-refractivity contribution < 1.29 is 13.2 Å². The largest absolute Gasteiger partial charge is 0.298 e. The molecule has 1 amide bonds. The Bertz CT molecular complexity index is 1160. The fourth-order valence-corrected chi connectivity index (χ4v) is 6.39. The topological polar surface area (TPSA) is 79.4 Å². The number of anilines is 1. The number of sulfonamides is 1. The van der Waals surface area contributed by atoms with E-state index in [0.29, 0.717) is 17.2 Å². The number of thiazole rings is 1. The number of hydrogen-bond donors (Lipinski definition) is 1. The average Bonchev–Trinajstić information content (AvgIpc) is 3.09. The Hall–Kier alpha value is -2.29. The molecule has 0 spiro atoms. The first-order valence-corrected chi connectivity index (χ1v) is 12.3. The predicted octanol–water partition coefficient (Wildman–Crippen LogP) is 4.73. The Kier molecular flexibility index (Phi) is 5.65. The number of nitrogens with zero attached hydrogens (tertiary/aromatic N) is 2. The number of benzene rings is 2. The monoisotopic (exact) mass is 443 g/mol. The van der Waals surface area contributed by atoms with Gasteiger partial charge in [0.25, 0.3) is 5.91 Å². The van der Waals surface area contributed by atoms with E-state index in [4.69, 9.17) is 0 Å². The minimum absolute atomic E-state index is 0.00182. The van der Waals surface area contributed by atoms with Gasteiger partial charge in [0.15, 0.2) is 5.13 Å². The quantitative estimate of drug-likeness (QED) is 0.632. The Labute approximate surface area is 181 Å². The van der Waals surface area contributed by atoms with Crippen LogP contribution in [0.25, 0.3) is 10.2 Å². The lowest BCUT2D eigenvalue weighted by atomic mass is 10.1. The number of fused-ring (bicyclic) bond motifs is 1. The summed E-state index contributed by atoms with van der Waals surface area (Å²) in [6.45, 7) is 6.57. The second-order valence-electron chi connectivity index (χ2n) is 7.86. The molecule has 0 bridgehead atoms. The second-order valence-corrected chi connectivity index (χ2v) is 10.8. The van der Waals surface area contributed by atoms with E-state index in [1.807, 2.05) is 26.8 Å². The van der Waals surface area contributed by atoms with E-state index in [1.165, 1.54) is 29.0 Å². The van der Waals surface area contributed by atoms with Crippen LogP contribution in [0.1, 0.15) is 47.7 Å². The maximum Gasteiger partial charge on any atom is 0.257 e. The van der Waals surface area contributed by atoms with Crippen molar-refractivity contribution in [3.05, 3.63) is 53.1 Å². The number of nitrogens with one attached hydrogen (secondary N) is 1. The van der Waals surface area contributed by atoms with Gasteiger partial charge in [-0.2, -0.15) is 4.31 Å². The lowest BCUT2D eigenvalue weighted by Gasteiger charge is -2.32. The third-order valence-corrected chi connectivity index (χ3v) is 8.65. The molecule has 8 heteroatoms. The molecule has 30 heavy (non-hydrogen) atoms. The molecule has 158 valence electrons. The van der Waals surface area contributed by atoms with Crippen LogP contribution in [-0.2, 0) is 10.0 Å². The zero-order valence-corrected chi connectivity index (χ0v) is 18.9. The molecule has 2 heterocycles. The summed E-state index contributed by atoms with van der Waals surface area (Å²) >= 11 is 1.42. The fourth-order valence-electron chi connectivity index (χ4n) is 3.75. The van der Waals surface area contributed by atoms with Crippen LogP contribution in [0.15, 0.2) is 41.3 Å². The van der Waals surface area contributed by atoms with E-state index in [9.17, 15) is 13.2 Å². The predicted molar refractivity (Wildman–Crippen MR) is 121 cm³/mol. The summed E-state index contributed by atoms with van der Waals surface area (Å²) in [7, 11) is -3.55. The minimum Gasteiger partial charge on any atom is -0.298 e. The summed E-state index contributed by atoms with van der Waals surface area (Å²) in [6, 6.07) is 10.2. The maximum absolute atomic E-state index is 12.9. The van der Waals surface area contributed by atoms with Crippen molar-refractivity contribution in [2.75, 3.05) is 11.9 Å². The number of carbonyl (C=O) groups excluding carboxylic acids is 1. The van der Waals surface area contributed by atoms with Crippen LogP contribution in [0.5, 0.6) is 0 Å². The summed E-state index contributed by atoms with van der Waals surface area (Å²) in [5, 5.41) is 3.35. The molecule has 0 aliphatic carbocycles. The third-order valence-electron chi connectivity index (χ3n) is 5.69. The van der Waals surface area contributed by atoms with Gasteiger partial charge in [0.05, 0.1) is 15.1 Å². The van der Waals surface area contributed by atoms with Crippen molar-refractivity contribution >= 4 is 42.6 Å². The van der Waals surface area contributed by atoms with Crippen molar-refractivity contribution in [2.24, 2.45) is 0 Å². The van der Waals surface area contributed by atoms with E-state index in [1.54, 1.807) is 16.4 Å². The highest BCUT2D eigenvalue weighted by atomic mass is 32.2. The molecular weight excluding hydrogens is 418 g/mol. The molecule has 1 saturated heterocycles. The molecule has 1 atom stereocenters. The smallest absolute Gasteiger partial charge is 0.257 e. The Morgan fingerprint density at radius 1 is 1.13 bits per heavy atom. The summed E-state index contributed by atoms with van der Waals surface area (Å²) in [5.41, 5.74) is 3.59. The van der Waals surface area contributed by atoms with Gasteiger partial charge in [0.2, 0.25) is 10.0 Å². The summed E-state index contributed by atoms with van der Waals surface area (Å²) < 4.78 is 28.5. The Balaban J connectivity index is 1.52. The normalized spacial score (nSPS) is 17.9. The fraction of sp³-hybridized carbons (Fsp3) is 0.364. The van der Waals surface area contributed by atoms with Gasteiger partial charge in [-0.05, 0) is 81.1 Å². The number of aryl methyl sites for hydroxylation is 2. The summed E-state index contributed by atoms with van der Waals surface area (Å²) in [4.78, 5) is 17.3. The van der Waals surface area contributed by atoms with Crippen molar-refractivity contribution in [2.45, 2.75) is 51.0 Å². The van der Waals surface area contributed by atoms with Crippen LogP contribution >= 0.6 is 11.3 Å². The summed E-state index contributed by atoms with van der Waals surface area (Å²) in [5.74, 6) is -0.308. The zero-order valence-electron chi connectivity index (χ0n) is 17.3. The van der Waals surface area contributed by atoms with Gasteiger partial charge in [0.1, 0.15) is 0 Å². The maximum atomic E-state index is 12.9. The van der Waals surface area contributed by atoms with Gasteiger partial charge in [-0.1, -0.05) is 17.8 Å². The van der Waals surface area contributed by atoms with Crippen LogP contribution < -0.4 is 5.32 Å². The van der Waals surface area contributed by atoms with Gasteiger partial charge in [-0.3, -0.25) is 10.1 Å². The van der Waals surface area contributed by atoms with Gasteiger partial charge in [0, 0.05) is 18.2 Å². The average molecular weight is 444 g/mol.